The van der Waals surface area contributed by atoms with E-state index >= 15 is 0 Å². The van der Waals surface area contributed by atoms with E-state index in [1.165, 1.54) is 0 Å². The lowest BCUT2D eigenvalue weighted by Gasteiger charge is -2.23. The van der Waals surface area contributed by atoms with Crippen LogP contribution in [0.3, 0.4) is 0 Å². The molecule has 0 aliphatic carbocycles. The minimum Gasteiger partial charge on any atom is -0.598 e. The van der Waals surface area contributed by atoms with Crippen molar-refractivity contribution in [3.05, 3.63) is 0 Å². The summed E-state index contributed by atoms with van der Waals surface area (Å²) in [6.07, 6.45) is 0. The van der Waals surface area contributed by atoms with Crippen LogP contribution < -0.4 is 14.9 Å². The monoisotopic (exact) mass is 196 g/mol. The third-order valence-corrected chi connectivity index (χ3v) is 0.603. The molecule has 0 unspecified atom stereocenters. The smallest absolute Gasteiger partial charge is 0.276 e. The number of carboxylic acids is 1. The first kappa shape index (κ1) is 14.0. The summed E-state index contributed by atoms with van der Waals surface area (Å²) in [6.45, 7) is 0.0694. The predicted octanol–water partition coefficient (Wildman–Crippen LogP) is -3.19. The third kappa shape index (κ3) is 34.1. The van der Waals surface area contributed by atoms with E-state index in [1.807, 2.05) is 0 Å². The lowest BCUT2D eigenvalue weighted by Crippen LogP contribution is -2.45. The van der Waals surface area contributed by atoms with Gasteiger partial charge >= 0.3 is 0 Å². The molecule has 0 atom stereocenters. The van der Waals surface area contributed by atoms with Crippen LogP contribution in [0.1, 0.15) is 0 Å². The van der Waals surface area contributed by atoms with Gasteiger partial charge in [0.25, 0.3) is 8.25 Å². The molecule has 72 valence electrons. The van der Waals surface area contributed by atoms with Crippen LogP contribution in [0, 0.1) is 0 Å². The highest BCUT2D eigenvalue weighted by molar-refractivity contribution is 7.27. The van der Waals surface area contributed by atoms with Crippen LogP contribution >= 0.6 is 8.25 Å². The summed E-state index contributed by atoms with van der Waals surface area (Å²) in [5.74, 6) is -1.00. The molecule has 7 heteroatoms. The van der Waals surface area contributed by atoms with E-state index in [1.54, 1.807) is 21.1 Å². The number of nitrogens with zero attached hydrogens (tertiary/aromatic N) is 1. The molecular weight excluding hydrogens is 185 g/mol. The minimum atomic E-state index is -3.37. The number of carbonyl (C=O) groups excluding carboxylic acids is 1. The summed E-state index contributed by atoms with van der Waals surface area (Å²) in [6, 6.07) is 0. The molecular formula is C5H11NO5P-. The molecule has 0 fully saturated rings. The Kier molecular flexibility index (Phi) is 7.02. The predicted molar refractivity (Wildman–Crippen MR) is 35.5 cm³/mol. The number of carboxylic acid groups (broad SMARTS) is 1. The lowest BCUT2D eigenvalue weighted by molar-refractivity contribution is -0.864. The van der Waals surface area contributed by atoms with Gasteiger partial charge < -0.3 is 24.2 Å². The average Bonchev–Trinajstić information content (AvgIpc) is 1.52. The fraction of sp³-hybridized carbons (Fsp3) is 0.800. The van der Waals surface area contributed by atoms with Crippen molar-refractivity contribution in [1.82, 2.24) is 0 Å². The highest BCUT2D eigenvalue weighted by Gasteiger charge is 2.04. The van der Waals surface area contributed by atoms with Crippen LogP contribution in [0.2, 0.25) is 0 Å². The van der Waals surface area contributed by atoms with E-state index in [0.29, 0.717) is 4.48 Å². The normalized spacial score (nSPS) is 9.75. The Bertz CT molecular complexity index is 160. The lowest BCUT2D eigenvalue weighted by atomic mass is 10.5. The molecule has 0 saturated heterocycles. The highest BCUT2D eigenvalue weighted by atomic mass is 31.1. The standard InChI is InChI=1S/C5H11NO2.HO3P/c1-6(2,3)4-5(7)8;1-4(2)3/h4H2,1-3H3;(H,1,2,3)/p-1. The van der Waals surface area contributed by atoms with Gasteiger partial charge in [0.15, 0.2) is 0 Å². The number of quaternary nitrogens is 1. The summed E-state index contributed by atoms with van der Waals surface area (Å²) < 4.78 is 8.90. The van der Waals surface area contributed by atoms with E-state index < -0.39 is 14.2 Å². The number of rotatable bonds is 2. The number of hydrogen-bond acceptors (Lipinski definition) is 5. The Labute approximate surface area is 71.6 Å². The summed E-state index contributed by atoms with van der Waals surface area (Å²) in [4.78, 5) is 26.9. The van der Waals surface area contributed by atoms with E-state index in [4.69, 9.17) is 14.4 Å². The van der Waals surface area contributed by atoms with Gasteiger partial charge in [-0.2, -0.15) is 0 Å². The van der Waals surface area contributed by atoms with Crippen molar-refractivity contribution >= 4 is 14.2 Å². The van der Waals surface area contributed by atoms with Gasteiger partial charge in [0, 0.05) is 0 Å². The van der Waals surface area contributed by atoms with Crippen LogP contribution in [0.4, 0.5) is 0 Å². The maximum Gasteiger partial charge on any atom is 0.276 e. The topological polar surface area (TPSA) is 103 Å². The molecule has 6 nitrogen and oxygen atoms in total. The summed E-state index contributed by atoms with van der Waals surface area (Å²) in [5, 5.41) is 9.89. The van der Waals surface area contributed by atoms with Gasteiger partial charge in [0.1, 0.15) is 6.54 Å². The molecule has 0 radical (unpaired) electrons. The minimum absolute atomic E-state index is 0.0694. The van der Waals surface area contributed by atoms with Crippen molar-refractivity contribution in [3.8, 4) is 0 Å². The summed E-state index contributed by atoms with van der Waals surface area (Å²) in [7, 11) is 2.03. The quantitative estimate of drug-likeness (QED) is 0.342. The third-order valence-electron chi connectivity index (χ3n) is 0.603. The molecule has 0 saturated carbocycles. The molecule has 0 aliphatic rings. The second-order valence-corrected chi connectivity index (χ2v) is 3.49. The number of aliphatic carboxylic acids is 1. The Balaban J connectivity index is 0. The Hall–Kier alpha value is -0.550. The number of carbonyl (C=O) groups is 1. The first-order chi connectivity index (χ1) is 5.15. The number of likely N-dealkylation sites (N-methyl/N-ethyl adjacent to an activating group) is 1. The van der Waals surface area contributed by atoms with Crippen molar-refractivity contribution < 1.29 is 28.7 Å². The fourth-order valence-corrected chi connectivity index (χ4v) is 0.387. The molecule has 0 N–H and O–H groups in total. The zero-order chi connectivity index (χ0) is 10.4. The van der Waals surface area contributed by atoms with Crippen molar-refractivity contribution in [1.29, 1.82) is 0 Å². The van der Waals surface area contributed by atoms with Gasteiger partial charge in [-0.25, -0.2) is 0 Å². The Morgan fingerprint density at radius 3 is 1.58 bits per heavy atom. The molecule has 0 amide bonds. The van der Waals surface area contributed by atoms with Gasteiger partial charge in [-0.3, -0.25) is 0 Å². The van der Waals surface area contributed by atoms with Crippen LogP contribution in [0.5, 0.6) is 0 Å². The first-order valence-corrected chi connectivity index (χ1v) is 4.06. The van der Waals surface area contributed by atoms with Gasteiger partial charge in [0.05, 0.1) is 27.1 Å². The zero-order valence-electron chi connectivity index (χ0n) is 7.14. The molecule has 0 aromatic heterocycles. The van der Waals surface area contributed by atoms with Crippen molar-refractivity contribution in [2.24, 2.45) is 0 Å². The summed E-state index contributed by atoms with van der Waals surface area (Å²) in [5.41, 5.74) is 0. The van der Waals surface area contributed by atoms with Gasteiger partial charge in [0.2, 0.25) is 0 Å². The number of hydrogen-bond donors (Lipinski definition) is 0. The maximum atomic E-state index is 9.89. The average molecular weight is 196 g/mol. The fourth-order valence-electron chi connectivity index (χ4n) is 0.387. The summed E-state index contributed by atoms with van der Waals surface area (Å²) >= 11 is 0. The largest absolute Gasteiger partial charge is 0.598 e. The van der Waals surface area contributed by atoms with Crippen molar-refractivity contribution in [2.45, 2.75) is 0 Å². The van der Waals surface area contributed by atoms with E-state index in [2.05, 4.69) is 0 Å². The van der Waals surface area contributed by atoms with E-state index in [9.17, 15) is 9.90 Å². The molecule has 0 rings (SSSR count). The molecule has 0 heterocycles. The molecule has 0 spiro atoms. The first-order valence-electron chi connectivity index (χ1n) is 2.97. The molecule has 12 heavy (non-hydrogen) atoms. The van der Waals surface area contributed by atoms with Gasteiger partial charge in [-0.05, 0) is 0 Å². The highest BCUT2D eigenvalue weighted by Crippen LogP contribution is 1.84. The van der Waals surface area contributed by atoms with Gasteiger partial charge in [-0.15, -0.1) is 0 Å². The van der Waals surface area contributed by atoms with Crippen molar-refractivity contribution in [2.75, 3.05) is 27.7 Å². The van der Waals surface area contributed by atoms with E-state index in [0.717, 1.165) is 0 Å². The second kappa shape index (κ2) is 6.02. The molecule has 0 aliphatic heterocycles. The molecule has 0 bridgehead atoms. The maximum absolute atomic E-state index is 9.89. The molecule has 0 aromatic rings. The molecule has 0 aromatic carbocycles. The Morgan fingerprint density at radius 2 is 1.58 bits per heavy atom. The van der Waals surface area contributed by atoms with Crippen molar-refractivity contribution in [3.63, 3.8) is 0 Å². The van der Waals surface area contributed by atoms with Crippen LogP contribution in [-0.2, 0) is 9.36 Å². The van der Waals surface area contributed by atoms with Gasteiger partial charge in [-0.1, -0.05) is 4.57 Å². The van der Waals surface area contributed by atoms with E-state index in [-0.39, 0.29) is 6.54 Å². The zero-order valence-corrected chi connectivity index (χ0v) is 8.04. The Morgan fingerprint density at radius 1 is 1.33 bits per heavy atom. The second-order valence-electron chi connectivity index (χ2n) is 3.04. The SMILES string of the molecule is C[N+](C)(C)CC(=O)[O-].O=[P+]([O-])[O-]. The van der Waals surface area contributed by atoms with Crippen LogP contribution in [0.15, 0.2) is 0 Å². The van der Waals surface area contributed by atoms with Crippen LogP contribution in [-0.4, -0.2) is 38.1 Å². The van der Waals surface area contributed by atoms with Crippen LogP contribution in [0.25, 0.3) is 0 Å².